The summed E-state index contributed by atoms with van der Waals surface area (Å²) in [5.41, 5.74) is 0. The van der Waals surface area contributed by atoms with Crippen LogP contribution in [0.4, 0.5) is 0 Å². The number of carboxylic acid groups (broad SMARTS) is 1. The van der Waals surface area contributed by atoms with Crippen LogP contribution in [-0.4, -0.2) is 34.0 Å². The lowest BCUT2D eigenvalue weighted by Crippen LogP contribution is -2.53. The van der Waals surface area contributed by atoms with Crippen LogP contribution in [0.1, 0.15) is 27.2 Å². The Morgan fingerprint density at radius 2 is 2.07 bits per heavy atom. The summed E-state index contributed by atoms with van der Waals surface area (Å²) in [5, 5.41) is 11.5. The molecule has 5 heteroatoms. The molecule has 0 radical (unpaired) electrons. The van der Waals surface area contributed by atoms with E-state index in [2.05, 4.69) is 5.32 Å². The Labute approximate surface area is 88.4 Å². The predicted molar refractivity (Wildman–Crippen MR) is 57.5 cm³/mol. The summed E-state index contributed by atoms with van der Waals surface area (Å²) >= 11 is 1.46. The molecule has 0 fully saturated rings. The van der Waals surface area contributed by atoms with E-state index < -0.39 is 16.8 Å². The second-order valence-corrected chi connectivity index (χ2v) is 4.68. The summed E-state index contributed by atoms with van der Waals surface area (Å²) < 4.78 is -0.461. The number of carbonyl (C=O) groups is 2. The van der Waals surface area contributed by atoms with Gasteiger partial charge < -0.3 is 10.4 Å². The Morgan fingerprint density at radius 3 is 2.29 bits per heavy atom. The van der Waals surface area contributed by atoms with Crippen molar-refractivity contribution in [2.75, 3.05) is 6.26 Å². The van der Waals surface area contributed by atoms with Crippen molar-refractivity contribution in [1.82, 2.24) is 5.32 Å². The molecule has 0 heterocycles. The van der Waals surface area contributed by atoms with Gasteiger partial charge in [-0.3, -0.25) is 4.79 Å². The molecule has 0 aliphatic carbocycles. The molecule has 2 atom stereocenters. The molecule has 0 aliphatic rings. The van der Waals surface area contributed by atoms with Crippen molar-refractivity contribution >= 4 is 23.6 Å². The van der Waals surface area contributed by atoms with E-state index in [0.29, 0.717) is 6.42 Å². The van der Waals surface area contributed by atoms with Crippen molar-refractivity contribution in [3.8, 4) is 0 Å². The van der Waals surface area contributed by atoms with Gasteiger partial charge in [0.1, 0.15) is 6.04 Å². The van der Waals surface area contributed by atoms with E-state index in [9.17, 15) is 9.59 Å². The Hall–Kier alpha value is -0.710. The summed E-state index contributed by atoms with van der Waals surface area (Å²) in [6.45, 7) is 5.08. The average molecular weight is 219 g/mol. The standard InChI is InChI=1S/C9H17NO3S/c1-5-9(3,14-4)7(8(12)13)10-6(2)11/h7H,5H2,1-4H3,(H,10,11)(H,12,13). The van der Waals surface area contributed by atoms with E-state index in [1.54, 1.807) is 0 Å². The number of thioether (sulfide) groups is 1. The number of hydrogen-bond acceptors (Lipinski definition) is 3. The Morgan fingerprint density at radius 1 is 1.57 bits per heavy atom. The van der Waals surface area contributed by atoms with Gasteiger partial charge >= 0.3 is 5.97 Å². The quantitative estimate of drug-likeness (QED) is 0.727. The van der Waals surface area contributed by atoms with E-state index in [0.717, 1.165) is 0 Å². The average Bonchev–Trinajstić information content (AvgIpc) is 2.12. The first-order valence-corrected chi connectivity index (χ1v) is 5.65. The highest BCUT2D eigenvalue weighted by Gasteiger charge is 2.37. The lowest BCUT2D eigenvalue weighted by molar-refractivity contribution is -0.142. The summed E-state index contributed by atoms with van der Waals surface area (Å²) in [4.78, 5) is 21.8. The van der Waals surface area contributed by atoms with Gasteiger partial charge in [-0.1, -0.05) is 6.92 Å². The van der Waals surface area contributed by atoms with Crippen LogP contribution in [-0.2, 0) is 9.59 Å². The molecule has 0 saturated carbocycles. The van der Waals surface area contributed by atoms with E-state index in [1.807, 2.05) is 20.1 Å². The van der Waals surface area contributed by atoms with Gasteiger partial charge in [0.25, 0.3) is 0 Å². The minimum Gasteiger partial charge on any atom is -0.480 e. The topological polar surface area (TPSA) is 66.4 Å². The van der Waals surface area contributed by atoms with Crippen LogP contribution in [0.3, 0.4) is 0 Å². The normalized spacial score (nSPS) is 16.9. The Kier molecular flexibility index (Phi) is 4.97. The highest BCUT2D eigenvalue weighted by Crippen LogP contribution is 2.30. The number of carbonyl (C=O) groups excluding carboxylic acids is 1. The predicted octanol–water partition coefficient (Wildman–Crippen LogP) is 1.11. The van der Waals surface area contributed by atoms with Gasteiger partial charge in [-0.2, -0.15) is 11.8 Å². The zero-order chi connectivity index (χ0) is 11.4. The van der Waals surface area contributed by atoms with Crippen LogP contribution in [0.2, 0.25) is 0 Å². The fraction of sp³-hybridized carbons (Fsp3) is 0.778. The van der Waals surface area contributed by atoms with Gasteiger partial charge in [0.05, 0.1) is 0 Å². The van der Waals surface area contributed by atoms with E-state index >= 15 is 0 Å². The summed E-state index contributed by atoms with van der Waals surface area (Å²) in [6, 6.07) is -0.833. The largest absolute Gasteiger partial charge is 0.480 e. The fourth-order valence-corrected chi connectivity index (χ4v) is 1.83. The number of rotatable bonds is 5. The number of aliphatic carboxylic acids is 1. The molecule has 1 amide bonds. The van der Waals surface area contributed by atoms with Crippen molar-refractivity contribution < 1.29 is 14.7 Å². The molecule has 82 valence electrons. The van der Waals surface area contributed by atoms with Gasteiger partial charge in [0, 0.05) is 11.7 Å². The number of hydrogen-bond donors (Lipinski definition) is 2. The minimum absolute atomic E-state index is 0.314. The molecule has 0 rings (SSSR count). The highest BCUT2D eigenvalue weighted by atomic mass is 32.2. The molecule has 0 aromatic carbocycles. The Balaban J connectivity index is 4.78. The van der Waals surface area contributed by atoms with Crippen molar-refractivity contribution in [1.29, 1.82) is 0 Å². The summed E-state index contributed by atoms with van der Waals surface area (Å²) in [5.74, 6) is -1.30. The lowest BCUT2D eigenvalue weighted by Gasteiger charge is -2.32. The van der Waals surface area contributed by atoms with Crippen molar-refractivity contribution in [2.24, 2.45) is 0 Å². The summed E-state index contributed by atoms with van der Waals surface area (Å²) in [6.07, 6.45) is 2.53. The first kappa shape index (κ1) is 13.3. The van der Waals surface area contributed by atoms with Crippen molar-refractivity contribution in [3.05, 3.63) is 0 Å². The maximum atomic E-state index is 11.0. The zero-order valence-electron chi connectivity index (χ0n) is 8.96. The second kappa shape index (κ2) is 5.24. The van der Waals surface area contributed by atoms with E-state index in [1.165, 1.54) is 18.7 Å². The van der Waals surface area contributed by atoms with Crippen LogP contribution in [0, 0.1) is 0 Å². The van der Waals surface area contributed by atoms with Gasteiger partial charge in [-0.15, -0.1) is 0 Å². The zero-order valence-corrected chi connectivity index (χ0v) is 9.77. The lowest BCUT2D eigenvalue weighted by atomic mass is 9.98. The first-order valence-electron chi connectivity index (χ1n) is 4.42. The van der Waals surface area contributed by atoms with Crippen LogP contribution in [0.25, 0.3) is 0 Å². The molecule has 4 nitrogen and oxygen atoms in total. The highest BCUT2D eigenvalue weighted by molar-refractivity contribution is 8.00. The third kappa shape index (κ3) is 3.21. The minimum atomic E-state index is -0.987. The monoisotopic (exact) mass is 219 g/mol. The molecule has 2 N–H and O–H groups in total. The first-order chi connectivity index (χ1) is 6.37. The fourth-order valence-electron chi connectivity index (χ4n) is 1.15. The SMILES string of the molecule is CCC(C)(SC)C(NC(C)=O)C(=O)O. The number of carboxylic acids is 1. The van der Waals surface area contributed by atoms with Gasteiger partial charge in [-0.25, -0.2) is 4.79 Å². The van der Waals surface area contributed by atoms with Crippen molar-refractivity contribution in [3.63, 3.8) is 0 Å². The van der Waals surface area contributed by atoms with E-state index in [-0.39, 0.29) is 5.91 Å². The molecule has 0 aromatic rings. The van der Waals surface area contributed by atoms with E-state index in [4.69, 9.17) is 5.11 Å². The molecule has 0 spiro atoms. The third-order valence-electron chi connectivity index (χ3n) is 2.37. The molecule has 2 unspecified atom stereocenters. The molecule has 0 bridgehead atoms. The summed E-state index contributed by atoms with van der Waals surface area (Å²) in [7, 11) is 0. The van der Waals surface area contributed by atoms with Crippen LogP contribution < -0.4 is 5.32 Å². The molecular formula is C9H17NO3S. The third-order valence-corrected chi connectivity index (χ3v) is 3.83. The maximum Gasteiger partial charge on any atom is 0.327 e. The van der Waals surface area contributed by atoms with Crippen molar-refractivity contribution in [2.45, 2.75) is 38.0 Å². The molecular weight excluding hydrogens is 202 g/mol. The molecule has 14 heavy (non-hydrogen) atoms. The maximum absolute atomic E-state index is 11.0. The van der Waals surface area contributed by atoms with Crippen LogP contribution in [0.15, 0.2) is 0 Å². The smallest absolute Gasteiger partial charge is 0.327 e. The molecule has 0 aliphatic heterocycles. The van der Waals surface area contributed by atoms with Crippen LogP contribution in [0.5, 0.6) is 0 Å². The second-order valence-electron chi connectivity index (χ2n) is 3.34. The van der Waals surface area contributed by atoms with Gasteiger partial charge in [0.2, 0.25) is 5.91 Å². The molecule has 0 aromatic heterocycles. The van der Waals surface area contributed by atoms with Gasteiger partial charge in [0.15, 0.2) is 0 Å². The number of nitrogens with one attached hydrogen (secondary N) is 1. The Bertz CT molecular complexity index is 226. The molecule has 0 saturated heterocycles. The van der Waals surface area contributed by atoms with Gasteiger partial charge in [-0.05, 0) is 19.6 Å². The number of amides is 1. The van der Waals surface area contributed by atoms with Crippen LogP contribution >= 0.6 is 11.8 Å².